The fourth-order valence-electron chi connectivity index (χ4n) is 4.14. The van der Waals surface area contributed by atoms with E-state index in [4.69, 9.17) is 21.1 Å². The molecule has 1 heterocycles. The van der Waals surface area contributed by atoms with Gasteiger partial charge in [0.1, 0.15) is 5.56 Å². The second-order valence-electron chi connectivity index (χ2n) is 7.56. The zero-order chi connectivity index (χ0) is 24.7. The van der Waals surface area contributed by atoms with Crippen molar-refractivity contribution in [3.05, 3.63) is 92.8 Å². The monoisotopic (exact) mass is 497 g/mol. The molecule has 1 aliphatic rings. The van der Waals surface area contributed by atoms with E-state index in [0.717, 1.165) is 10.5 Å². The molecule has 3 aromatic rings. The Morgan fingerprint density at radius 3 is 2.09 bits per heavy atom. The Hall–Kier alpha value is -3.33. The number of nitrogens with zero attached hydrogens (tertiary/aromatic N) is 1. The van der Waals surface area contributed by atoms with Gasteiger partial charge >= 0.3 is 0 Å². The highest BCUT2D eigenvalue weighted by Gasteiger charge is 2.38. The first-order valence-electron chi connectivity index (χ1n) is 10.0. The van der Waals surface area contributed by atoms with Crippen LogP contribution in [0.5, 0.6) is 11.5 Å². The van der Waals surface area contributed by atoms with Crippen molar-refractivity contribution < 1.29 is 36.2 Å². The maximum atomic E-state index is 14.5. The van der Waals surface area contributed by atoms with Crippen LogP contribution in [0.4, 0.5) is 22.0 Å². The number of hydrogen-bond acceptors (Lipinski definition) is 3. The lowest BCUT2D eigenvalue weighted by Gasteiger charge is -2.38. The molecule has 0 bridgehead atoms. The van der Waals surface area contributed by atoms with Crippen LogP contribution in [0.3, 0.4) is 0 Å². The molecule has 4 nitrogen and oxygen atoms in total. The minimum atomic E-state index is -2.33. The molecule has 0 saturated heterocycles. The quantitative estimate of drug-likeness (QED) is 0.258. The fraction of sp³-hybridized carbons (Fsp3) is 0.208. The van der Waals surface area contributed by atoms with E-state index in [1.54, 1.807) is 36.4 Å². The lowest BCUT2D eigenvalue weighted by atomic mass is 9.87. The van der Waals surface area contributed by atoms with Crippen LogP contribution in [-0.2, 0) is 6.42 Å². The van der Waals surface area contributed by atoms with Crippen LogP contribution >= 0.6 is 11.6 Å². The molecule has 0 N–H and O–H groups in total. The van der Waals surface area contributed by atoms with Gasteiger partial charge in [-0.1, -0.05) is 23.7 Å². The number of amides is 1. The van der Waals surface area contributed by atoms with Crippen LogP contribution in [0.1, 0.15) is 33.1 Å². The Balaban J connectivity index is 1.93. The summed E-state index contributed by atoms with van der Waals surface area (Å²) in [6.07, 6.45) is 0.230. The largest absolute Gasteiger partial charge is 0.493 e. The molecule has 0 unspecified atom stereocenters. The Kier molecular flexibility index (Phi) is 6.40. The molecule has 0 fully saturated rings. The average molecular weight is 498 g/mol. The topological polar surface area (TPSA) is 38.8 Å². The Morgan fingerprint density at radius 2 is 1.50 bits per heavy atom. The van der Waals surface area contributed by atoms with Crippen LogP contribution in [0, 0.1) is 29.1 Å². The number of hydrogen-bond donors (Lipinski definition) is 0. The first-order chi connectivity index (χ1) is 16.2. The SMILES string of the molecule is COc1cc2c(cc1OC)[C@@H](c1cccc(Cl)c1)N(C(=O)c1c(F)c(F)c(F)c(F)c1F)CC2. The number of ether oxygens (including phenoxy) is 2. The number of benzene rings is 3. The summed E-state index contributed by atoms with van der Waals surface area (Å²) in [6, 6.07) is 8.78. The first-order valence-corrected chi connectivity index (χ1v) is 10.4. The summed E-state index contributed by atoms with van der Waals surface area (Å²) in [5.74, 6) is -11.7. The van der Waals surface area contributed by atoms with E-state index in [2.05, 4.69) is 0 Å². The molecule has 0 aliphatic carbocycles. The zero-order valence-corrected chi connectivity index (χ0v) is 18.7. The summed E-state index contributed by atoms with van der Waals surface area (Å²) in [5.41, 5.74) is 0.234. The molecular weight excluding hydrogens is 481 g/mol. The van der Waals surface area contributed by atoms with Crippen LogP contribution in [0.25, 0.3) is 0 Å². The molecule has 0 aromatic heterocycles. The normalized spacial score (nSPS) is 15.2. The molecule has 0 saturated carbocycles. The standard InChI is InChI=1S/C24H17ClF5NO3/c1-33-15-9-11-6-7-31(24(32)17-18(26)20(28)22(30)21(29)19(17)27)23(14(11)10-16(15)34-2)12-4-3-5-13(25)8-12/h3-5,8-10,23H,6-7H2,1-2H3/t23-/m1/s1. The third kappa shape index (κ3) is 3.83. The van der Waals surface area contributed by atoms with Gasteiger partial charge in [0.2, 0.25) is 5.82 Å². The van der Waals surface area contributed by atoms with Crippen molar-refractivity contribution in [1.82, 2.24) is 4.90 Å². The molecule has 178 valence electrons. The Labute approximate surface area is 196 Å². The second-order valence-corrected chi connectivity index (χ2v) is 7.99. The van der Waals surface area contributed by atoms with Crippen LogP contribution in [0.2, 0.25) is 5.02 Å². The van der Waals surface area contributed by atoms with E-state index in [1.165, 1.54) is 14.2 Å². The summed E-state index contributed by atoms with van der Waals surface area (Å²) in [4.78, 5) is 14.4. The maximum absolute atomic E-state index is 14.5. The predicted molar refractivity (Wildman–Crippen MR) is 114 cm³/mol. The molecule has 4 rings (SSSR count). The molecule has 1 aliphatic heterocycles. The molecule has 1 atom stereocenters. The molecule has 0 radical (unpaired) electrons. The number of halogens is 6. The van der Waals surface area contributed by atoms with Crippen LogP contribution < -0.4 is 9.47 Å². The Bertz CT molecular complexity index is 1270. The smallest absolute Gasteiger partial charge is 0.260 e. The van der Waals surface area contributed by atoms with Crippen molar-refractivity contribution in [3.63, 3.8) is 0 Å². The highest BCUT2D eigenvalue weighted by Crippen LogP contribution is 2.42. The molecule has 1 amide bonds. The number of carbonyl (C=O) groups is 1. The minimum absolute atomic E-state index is 0.0714. The lowest BCUT2D eigenvalue weighted by molar-refractivity contribution is 0.0680. The van der Waals surface area contributed by atoms with Crippen molar-refractivity contribution in [3.8, 4) is 11.5 Å². The summed E-state index contributed by atoms with van der Waals surface area (Å²) in [6.45, 7) is -0.0714. The van der Waals surface area contributed by atoms with E-state index in [1.807, 2.05) is 0 Å². The van der Waals surface area contributed by atoms with Crippen molar-refractivity contribution in [2.24, 2.45) is 0 Å². The summed E-state index contributed by atoms with van der Waals surface area (Å²) >= 11 is 6.14. The zero-order valence-electron chi connectivity index (χ0n) is 17.9. The molecule has 3 aromatic carbocycles. The summed E-state index contributed by atoms with van der Waals surface area (Å²) in [5, 5.41) is 0.328. The first kappa shape index (κ1) is 23.8. The number of rotatable bonds is 4. The molecule has 34 heavy (non-hydrogen) atoms. The fourth-order valence-corrected chi connectivity index (χ4v) is 4.34. The van der Waals surface area contributed by atoms with Gasteiger partial charge < -0.3 is 14.4 Å². The Morgan fingerprint density at radius 1 is 0.912 bits per heavy atom. The van der Waals surface area contributed by atoms with Gasteiger partial charge in [0.05, 0.1) is 20.3 Å². The van der Waals surface area contributed by atoms with Crippen molar-refractivity contribution in [2.75, 3.05) is 20.8 Å². The third-order valence-electron chi connectivity index (χ3n) is 5.72. The molecule has 0 spiro atoms. The molecule has 10 heteroatoms. The van der Waals surface area contributed by atoms with E-state index < -0.39 is 46.6 Å². The van der Waals surface area contributed by atoms with Gasteiger partial charge in [-0.05, 0) is 47.4 Å². The number of methoxy groups -OCH3 is 2. The third-order valence-corrected chi connectivity index (χ3v) is 5.96. The van der Waals surface area contributed by atoms with Crippen molar-refractivity contribution in [2.45, 2.75) is 12.5 Å². The maximum Gasteiger partial charge on any atom is 0.260 e. The van der Waals surface area contributed by atoms with Crippen molar-refractivity contribution >= 4 is 17.5 Å². The number of carbonyl (C=O) groups excluding carboxylic acids is 1. The summed E-state index contributed by atoms with van der Waals surface area (Å²) in [7, 11) is 2.87. The van der Waals surface area contributed by atoms with E-state index in [-0.39, 0.29) is 13.0 Å². The average Bonchev–Trinajstić information content (AvgIpc) is 2.84. The van der Waals surface area contributed by atoms with Gasteiger partial charge in [-0.2, -0.15) is 0 Å². The number of fused-ring (bicyclic) bond motifs is 1. The van der Waals surface area contributed by atoms with Gasteiger partial charge in [0, 0.05) is 11.6 Å². The van der Waals surface area contributed by atoms with Gasteiger partial charge in [-0.25, -0.2) is 22.0 Å². The predicted octanol–water partition coefficient (Wildman–Crippen LogP) is 5.84. The van der Waals surface area contributed by atoms with Crippen molar-refractivity contribution in [1.29, 1.82) is 0 Å². The minimum Gasteiger partial charge on any atom is -0.493 e. The van der Waals surface area contributed by atoms with E-state index >= 15 is 0 Å². The van der Waals surface area contributed by atoms with Gasteiger partial charge in [0.25, 0.3) is 5.91 Å². The lowest BCUT2D eigenvalue weighted by Crippen LogP contribution is -2.41. The molecular formula is C24H17ClF5NO3. The van der Waals surface area contributed by atoms with E-state index in [0.29, 0.717) is 27.6 Å². The highest BCUT2D eigenvalue weighted by atomic mass is 35.5. The van der Waals surface area contributed by atoms with Gasteiger partial charge in [-0.15, -0.1) is 0 Å². The van der Waals surface area contributed by atoms with Gasteiger partial charge in [-0.3, -0.25) is 4.79 Å². The second kappa shape index (κ2) is 9.13. The van der Waals surface area contributed by atoms with E-state index in [9.17, 15) is 26.7 Å². The van der Waals surface area contributed by atoms with Gasteiger partial charge in [0.15, 0.2) is 34.8 Å². The summed E-state index contributed by atoms with van der Waals surface area (Å²) < 4.78 is 80.9. The highest BCUT2D eigenvalue weighted by molar-refractivity contribution is 6.30. The van der Waals surface area contributed by atoms with Crippen LogP contribution in [-0.4, -0.2) is 31.6 Å². The van der Waals surface area contributed by atoms with Crippen LogP contribution in [0.15, 0.2) is 36.4 Å².